The maximum absolute atomic E-state index is 8.87. The molecule has 39 heavy (non-hydrogen) atoms. The fourth-order valence-electron chi connectivity index (χ4n) is 4.45. The fourth-order valence-corrected chi connectivity index (χ4v) is 4.76. The van der Waals surface area contributed by atoms with E-state index in [2.05, 4.69) is 70.7 Å². The van der Waals surface area contributed by atoms with Crippen LogP contribution < -0.4 is 4.74 Å². The van der Waals surface area contributed by atoms with Gasteiger partial charge in [-0.15, -0.1) is 0 Å². The van der Waals surface area contributed by atoms with Gasteiger partial charge in [-0.2, -0.15) is 0 Å². The van der Waals surface area contributed by atoms with Gasteiger partial charge in [0.15, 0.2) is 0 Å². The number of rotatable bonds is 11. The summed E-state index contributed by atoms with van der Waals surface area (Å²) < 4.78 is 11.5. The van der Waals surface area contributed by atoms with Crippen LogP contribution in [0.15, 0.2) is 78.9 Å². The van der Waals surface area contributed by atoms with E-state index < -0.39 is 0 Å². The van der Waals surface area contributed by atoms with E-state index in [4.69, 9.17) is 26.5 Å². The van der Waals surface area contributed by atoms with E-state index in [-0.39, 0.29) is 5.92 Å². The van der Waals surface area contributed by atoms with E-state index in [1.165, 1.54) is 16.7 Å². The summed E-state index contributed by atoms with van der Waals surface area (Å²) in [6.45, 7) is 18.8. The molecule has 1 unspecified atom stereocenters. The van der Waals surface area contributed by atoms with Gasteiger partial charge in [-0.1, -0.05) is 95.3 Å². The number of allylic oxidation sites excluding steroid dienone is 1. The minimum absolute atomic E-state index is 0.284. The van der Waals surface area contributed by atoms with Crippen LogP contribution in [0.25, 0.3) is 5.76 Å². The van der Waals surface area contributed by atoms with Gasteiger partial charge in [0.1, 0.15) is 18.1 Å². The number of halogens is 1. The molecule has 3 rings (SSSR count). The molecule has 4 heteroatoms. The van der Waals surface area contributed by atoms with E-state index in [0.717, 1.165) is 34.4 Å². The summed E-state index contributed by atoms with van der Waals surface area (Å²) in [5.74, 6) is 2.10. The molecular weight excluding hydrogens is 502 g/mol. The average Bonchev–Trinajstić information content (AvgIpc) is 2.92. The van der Waals surface area contributed by atoms with Crippen molar-refractivity contribution < 1.29 is 9.47 Å². The average molecular weight is 546 g/mol. The highest BCUT2D eigenvalue weighted by atomic mass is 35.5. The molecule has 0 aliphatic rings. The lowest BCUT2D eigenvalue weighted by atomic mass is 9.90. The zero-order chi connectivity index (χ0) is 29.1. The van der Waals surface area contributed by atoms with Crippen LogP contribution in [0.2, 0.25) is 5.02 Å². The van der Waals surface area contributed by atoms with Crippen LogP contribution in [-0.4, -0.2) is 19.4 Å². The summed E-state index contributed by atoms with van der Waals surface area (Å²) in [6, 6.07) is 20.4. The molecule has 0 heterocycles. The first-order chi connectivity index (χ1) is 18.6. The van der Waals surface area contributed by atoms with Crippen molar-refractivity contribution in [3.05, 3.63) is 117 Å². The van der Waals surface area contributed by atoms with Gasteiger partial charge in [0, 0.05) is 16.7 Å². The summed E-state index contributed by atoms with van der Waals surface area (Å²) in [5.41, 5.74) is 7.73. The minimum Gasteiger partial charge on any atom is -0.497 e. The summed E-state index contributed by atoms with van der Waals surface area (Å²) in [5, 5.41) is 9.46. The van der Waals surface area contributed by atoms with Gasteiger partial charge >= 0.3 is 0 Å². The second-order valence-electron chi connectivity index (χ2n) is 9.98. The Morgan fingerprint density at radius 1 is 0.974 bits per heavy atom. The van der Waals surface area contributed by atoms with Crippen LogP contribution in [-0.2, 0) is 11.2 Å². The first-order valence-electron chi connectivity index (χ1n) is 13.7. The lowest BCUT2D eigenvalue weighted by Crippen LogP contribution is -2.14. The molecule has 0 saturated carbocycles. The van der Waals surface area contributed by atoms with Gasteiger partial charge in [0.25, 0.3) is 0 Å². The summed E-state index contributed by atoms with van der Waals surface area (Å²) in [4.78, 5) is 0. The highest BCUT2D eigenvalue weighted by molar-refractivity contribution is 6.35. The number of methoxy groups -OCH3 is 1. The van der Waals surface area contributed by atoms with Crippen molar-refractivity contribution in [2.45, 2.75) is 60.8 Å². The second-order valence-corrected chi connectivity index (χ2v) is 10.4. The molecule has 3 aromatic rings. The third-order valence-electron chi connectivity index (χ3n) is 6.59. The smallest absolute Gasteiger partial charge is 0.120 e. The molecule has 0 aliphatic heterocycles. The molecular formula is C35H44ClNO2. The molecule has 208 valence electrons. The normalized spacial score (nSPS) is 11.9. The van der Waals surface area contributed by atoms with Crippen LogP contribution >= 0.6 is 11.6 Å². The monoisotopic (exact) mass is 545 g/mol. The van der Waals surface area contributed by atoms with Crippen LogP contribution in [0.1, 0.15) is 73.9 Å². The molecule has 0 aliphatic carbocycles. The van der Waals surface area contributed by atoms with E-state index in [9.17, 15) is 0 Å². The van der Waals surface area contributed by atoms with Crippen molar-refractivity contribution in [3.63, 3.8) is 0 Å². The molecule has 0 amide bonds. The Bertz CT molecular complexity index is 1290. The Balaban J connectivity index is 0.00000260. The van der Waals surface area contributed by atoms with Gasteiger partial charge < -0.3 is 9.47 Å². The Labute approximate surface area is 241 Å². The van der Waals surface area contributed by atoms with Gasteiger partial charge in [-0.3, -0.25) is 5.41 Å². The Morgan fingerprint density at radius 3 is 2.28 bits per heavy atom. The lowest BCUT2D eigenvalue weighted by molar-refractivity contribution is 0.356. The van der Waals surface area contributed by atoms with Crippen molar-refractivity contribution in [1.82, 2.24) is 0 Å². The molecule has 1 N–H and O–H groups in total. The van der Waals surface area contributed by atoms with E-state index >= 15 is 0 Å². The van der Waals surface area contributed by atoms with Gasteiger partial charge in [-0.05, 0) is 78.6 Å². The molecule has 0 spiro atoms. The highest BCUT2D eigenvalue weighted by Crippen LogP contribution is 2.28. The number of ether oxygens (including phenoxy) is 2. The molecule has 0 bridgehead atoms. The summed E-state index contributed by atoms with van der Waals surface area (Å²) >= 11 is 6.46. The molecule has 1 atom stereocenters. The molecule has 0 saturated heterocycles. The number of aryl methyl sites for hydroxylation is 2. The largest absolute Gasteiger partial charge is 0.497 e. The van der Waals surface area contributed by atoms with Crippen molar-refractivity contribution in [2.75, 3.05) is 13.7 Å². The lowest BCUT2D eigenvalue weighted by Gasteiger charge is -2.18. The topological polar surface area (TPSA) is 42.3 Å². The van der Waals surface area contributed by atoms with Crippen LogP contribution in [0.4, 0.5) is 0 Å². The van der Waals surface area contributed by atoms with Gasteiger partial charge in [0.2, 0.25) is 0 Å². The molecule has 0 aromatic heterocycles. The second kappa shape index (κ2) is 15.3. The van der Waals surface area contributed by atoms with Crippen molar-refractivity contribution >= 4 is 23.1 Å². The molecule has 0 radical (unpaired) electrons. The number of hydrogen-bond acceptors (Lipinski definition) is 3. The zero-order valence-electron chi connectivity index (χ0n) is 24.8. The number of nitrogens with one attached hydrogen (secondary N) is 1. The van der Waals surface area contributed by atoms with E-state index in [1.54, 1.807) is 7.11 Å². The maximum atomic E-state index is 8.87. The Kier molecular flexibility index (Phi) is 12.5. The molecule has 0 fully saturated rings. The van der Waals surface area contributed by atoms with Gasteiger partial charge in [0.05, 0.1) is 17.8 Å². The number of hydrogen-bond donors (Lipinski definition) is 1. The quantitative estimate of drug-likeness (QED) is 0.192. The highest BCUT2D eigenvalue weighted by Gasteiger charge is 2.16. The van der Waals surface area contributed by atoms with Crippen LogP contribution in [0.5, 0.6) is 5.75 Å². The van der Waals surface area contributed by atoms with Crippen molar-refractivity contribution in [3.8, 4) is 5.75 Å². The Morgan fingerprint density at radius 2 is 1.67 bits per heavy atom. The summed E-state index contributed by atoms with van der Waals surface area (Å²) in [6.07, 6.45) is 3.00. The van der Waals surface area contributed by atoms with Crippen LogP contribution in [0.3, 0.4) is 0 Å². The number of benzene rings is 3. The van der Waals surface area contributed by atoms with E-state index in [0.29, 0.717) is 29.0 Å². The molecule has 3 nitrogen and oxygen atoms in total. The van der Waals surface area contributed by atoms with E-state index in [1.807, 2.05) is 51.1 Å². The van der Waals surface area contributed by atoms with Crippen molar-refractivity contribution in [2.24, 2.45) is 5.92 Å². The predicted molar refractivity (Wildman–Crippen MR) is 169 cm³/mol. The molecule has 3 aromatic carbocycles. The minimum atomic E-state index is 0.284. The summed E-state index contributed by atoms with van der Waals surface area (Å²) in [7, 11) is 1.65. The maximum Gasteiger partial charge on any atom is 0.120 e. The first kappa shape index (κ1) is 31.9. The third kappa shape index (κ3) is 8.86. The van der Waals surface area contributed by atoms with Gasteiger partial charge in [-0.25, -0.2) is 0 Å². The first-order valence-corrected chi connectivity index (χ1v) is 14.1. The zero-order valence-corrected chi connectivity index (χ0v) is 25.6. The van der Waals surface area contributed by atoms with Crippen molar-refractivity contribution in [1.29, 1.82) is 5.41 Å². The fraction of sp³-hybridized carbons (Fsp3) is 0.343. The Hall–Kier alpha value is -3.30. The van der Waals surface area contributed by atoms with Crippen LogP contribution in [0, 0.1) is 25.2 Å². The third-order valence-corrected chi connectivity index (χ3v) is 6.90. The SMILES string of the molecule is C=C(OC)c1cccc(C(C)Cc2ccc(OC/C(=C\C(C)C)C(=N)c3c(C)cccc3Cl)cc2C)c1.CC. The predicted octanol–water partition coefficient (Wildman–Crippen LogP) is 9.98. The standard InChI is InChI=1S/C33H38ClNO2.C2H6/c1-21(2)16-29(33(35)32-22(3)10-8-13-31(32)34)20-37-30-15-14-27(24(5)18-30)17-23(4)26-11-9-12-28(19-26)25(6)36-7;1-2/h8-16,18-19,21,23,35H,6,17,20H2,1-5,7H3;1-2H3/b29-16+,35-33?;.